The van der Waals surface area contributed by atoms with Crippen molar-refractivity contribution in [3.05, 3.63) is 66.1 Å². The van der Waals surface area contributed by atoms with Crippen LogP contribution in [0.1, 0.15) is 17.8 Å². The van der Waals surface area contributed by atoms with Gasteiger partial charge in [0.1, 0.15) is 5.82 Å². The Bertz CT molecular complexity index is 1050. The zero-order chi connectivity index (χ0) is 21.8. The molecule has 8 heteroatoms. The Hall–Kier alpha value is -2.97. The lowest BCUT2D eigenvalue weighted by Crippen LogP contribution is -2.50. The summed E-state index contributed by atoms with van der Waals surface area (Å²) in [5.41, 5.74) is 2.25. The Morgan fingerprint density at radius 3 is 2.88 bits per heavy atom. The lowest BCUT2D eigenvalue weighted by atomic mass is 10.1. The molecule has 3 aromatic rings. The molecule has 0 bridgehead atoms. The summed E-state index contributed by atoms with van der Waals surface area (Å²) < 4.78 is 8.18. The van der Waals surface area contributed by atoms with E-state index in [2.05, 4.69) is 65.0 Å². The molecule has 32 heavy (non-hydrogen) atoms. The third kappa shape index (κ3) is 4.47. The minimum atomic E-state index is 0.230. The van der Waals surface area contributed by atoms with Crippen molar-refractivity contribution in [1.29, 1.82) is 0 Å². The van der Waals surface area contributed by atoms with Gasteiger partial charge < -0.3 is 15.0 Å². The van der Waals surface area contributed by atoms with E-state index < -0.39 is 0 Å². The molecule has 0 aliphatic carbocycles. The Kier molecular flexibility index (Phi) is 6.31. The monoisotopic (exact) mass is 433 g/mol. The van der Waals surface area contributed by atoms with E-state index in [1.165, 1.54) is 5.56 Å². The molecule has 0 saturated carbocycles. The summed E-state index contributed by atoms with van der Waals surface area (Å²) in [5, 5.41) is 12.1. The molecule has 2 aliphatic heterocycles. The van der Waals surface area contributed by atoms with Gasteiger partial charge in [0, 0.05) is 52.4 Å². The molecule has 0 radical (unpaired) electrons. The van der Waals surface area contributed by atoms with Crippen molar-refractivity contribution in [1.82, 2.24) is 29.7 Å². The van der Waals surface area contributed by atoms with Crippen LogP contribution in [0.2, 0.25) is 0 Å². The van der Waals surface area contributed by atoms with E-state index in [0.29, 0.717) is 6.04 Å². The van der Waals surface area contributed by atoms with E-state index in [1.807, 2.05) is 31.4 Å². The number of guanidine groups is 1. The maximum atomic E-state index is 6.13. The third-order valence-electron chi connectivity index (χ3n) is 6.40. The molecule has 168 valence electrons. The molecule has 2 aliphatic rings. The van der Waals surface area contributed by atoms with Crippen LogP contribution in [0.4, 0.5) is 0 Å². The number of rotatable bonds is 6. The first kappa shape index (κ1) is 20.9. The zero-order valence-electron chi connectivity index (χ0n) is 18.6. The van der Waals surface area contributed by atoms with Gasteiger partial charge in [-0.2, -0.15) is 0 Å². The summed E-state index contributed by atoms with van der Waals surface area (Å²) in [6.45, 7) is 5.39. The summed E-state index contributed by atoms with van der Waals surface area (Å²) in [7, 11) is 1.86. The maximum Gasteiger partial charge on any atom is 0.193 e. The molecule has 2 aromatic heterocycles. The first-order chi connectivity index (χ1) is 15.8. The number of nitrogens with one attached hydrogen (secondary N) is 1. The van der Waals surface area contributed by atoms with Gasteiger partial charge in [-0.25, -0.2) is 0 Å². The van der Waals surface area contributed by atoms with Crippen LogP contribution in [0.5, 0.6) is 0 Å². The van der Waals surface area contributed by atoms with Crippen molar-refractivity contribution in [3.63, 3.8) is 0 Å². The van der Waals surface area contributed by atoms with Crippen LogP contribution in [0.25, 0.3) is 5.65 Å². The standard InChI is InChI=1S/C24H31N7O/c1-25-24(26-12-7-11-23-28-27-22-10-5-6-13-31(22)23)30-17-20-21(18-30)32-15-14-29(20)16-19-8-3-2-4-9-19/h2-6,8-10,13,20-21H,7,11-12,14-18H2,1H3,(H,25,26). The summed E-state index contributed by atoms with van der Waals surface area (Å²) in [6.07, 6.45) is 4.08. The number of fused-ring (bicyclic) bond motifs is 2. The highest BCUT2D eigenvalue weighted by Gasteiger charge is 2.41. The van der Waals surface area contributed by atoms with Crippen LogP contribution in [0.15, 0.2) is 59.7 Å². The second-order valence-corrected chi connectivity index (χ2v) is 8.46. The average molecular weight is 434 g/mol. The molecular weight excluding hydrogens is 402 g/mol. The fourth-order valence-electron chi connectivity index (χ4n) is 4.79. The highest BCUT2D eigenvalue weighted by atomic mass is 16.5. The number of aromatic nitrogens is 3. The topological polar surface area (TPSA) is 70.3 Å². The molecule has 8 nitrogen and oxygen atoms in total. The van der Waals surface area contributed by atoms with Gasteiger partial charge in [-0.05, 0) is 24.1 Å². The molecule has 2 fully saturated rings. The average Bonchev–Trinajstić information content (AvgIpc) is 3.45. The number of pyridine rings is 1. The molecule has 5 rings (SSSR count). The molecular formula is C24H31N7O. The quantitative estimate of drug-likeness (QED) is 0.363. The van der Waals surface area contributed by atoms with E-state index in [1.54, 1.807) is 0 Å². The second kappa shape index (κ2) is 9.67. The molecule has 0 amide bonds. The normalized spacial score (nSPS) is 21.8. The highest BCUT2D eigenvalue weighted by Crippen LogP contribution is 2.24. The minimum Gasteiger partial charge on any atom is -0.373 e. The van der Waals surface area contributed by atoms with Gasteiger partial charge >= 0.3 is 0 Å². The smallest absolute Gasteiger partial charge is 0.193 e. The molecule has 2 saturated heterocycles. The van der Waals surface area contributed by atoms with Crippen molar-refractivity contribution in [2.75, 3.05) is 39.8 Å². The number of likely N-dealkylation sites (tertiary alicyclic amines) is 1. The summed E-state index contributed by atoms with van der Waals surface area (Å²) >= 11 is 0. The summed E-state index contributed by atoms with van der Waals surface area (Å²) in [6, 6.07) is 17.1. The van der Waals surface area contributed by atoms with E-state index in [9.17, 15) is 0 Å². The minimum absolute atomic E-state index is 0.230. The molecule has 4 heterocycles. The Balaban J connectivity index is 1.14. The fraction of sp³-hybridized carbons (Fsp3) is 0.458. The third-order valence-corrected chi connectivity index (χ3v) is 6.40. The molecule has 2 unspecified atom stereocenters. The van der Waals surface area contributed by atoms with E-state index in [0.717, 1.165) is 69.6 Å². The maximum absolute atomic E-state index is 6.13. The van der Waals surface area contributed by atoms with Crippen LogP contribution >= 0.6 is 0 Å². The van der Waals surface area contributed by atoms with Crippen LogP contribution in [0.3, 0.4) is 0 Å². The lowest BCUT2D eigenvalue weighted by Gasteiger charge is -2.36. The van der Waals surface area contributed by atoms with Crippen molar-refractivity contribution < 1.29 is 4.74 Å². The van der Waals surface area contributed by atoms with Crippen molar-refractivity contribution in [2.24, 2.45) is 4.99 Å². The predicted octanol–water partition coefficient (Wildman–Crippen LogP) is 1.82. The van der Waals surface area contributed by atoms with Gasteiger partial charge in [0.05, 0.1) is 18.8 Å². The van der Waals surface area contributed by atoms with Crippen molar-refractivity contribution in [3.8, 4) is 0 Å². The van der Waals surface area contributed by atoms with E-state index in [4.69, 9.17) is 4.74 Å². The summed E-state index contributed by atoms with van der Waals surface area (Å²) in [4.78, 5) is 9.45. The van der Waals surface area contributed by atoms with Gasteiger partial charge in [0.15, 0.2) is 11.6 Å². The first-order valence-electron chi connectivity index (χ1n) is 11.5. The SMILES string of the molecule is CN=C(NCCCc1nnc2ccccn12)N1CC2OCCN(Cc3ccccc3)C2C1. The van der Waals surface area contributed by atoms with Crippen LogP contribution in [-0.2, 0) is 17.7 Å². The number of nitrogens with zero attached hydrogens (tertiary/aromatic N) is 6. The van der Waals surface area contributed by atoms with Gasteiger partial charge in [-0.1, -0.05) is 36.4 Å². The number of morpholine rings is 1. The highest BCUT2D eigenvalue weighted by molar-refractivity contribution is 5.80. The Morgan fingerprint density at radius 2 is 2.00 bits per heavy atom. The van der Waals surface area contributed by atoms with Crippen LogP contribution in [-0.4, -0.2) is 82.3 Å². The second-order valence-electron chi connectivity index (χ2n) is 8.46. The van der Waals surface area contributed by atoms with Gasteiger partial charge in [-0.15, -0.1) is 10.2 Å². The van der Waals surface area contributed by atoms with Crippen molar-refractivity contribution >= 4 is 11.6 Å². The lowest BCUT2D eigenvalue weighted by molar-refractivity contribution is -0.0502. The van der Waals surface area contributed by atoms with Gasteiger partial charge in [0.2, 0.25) is 0 Å². The van der Waals surface area contributed by atoms with Crippen LogP contribution in [0, 0.1) is 0 Å². The number of hydrogen-bond donors (Lipinski definition) is 1. The van der Waals surface area contributed by atoms with E-state index in [-0.39, 0.29) is 6.10 Å². The number of hydrogen-bond acceptors (Lipinski definition) is 5. The summed E-state index contributed by atoms with van der Waals surface area (Å²) in [5.74, 6) is 1.95. The number of aliphatic imine (C=N–C) groups is 1. The van der Waals surface area contributed by atoms with Crippen molar-refractivity contribution in [2.45, 2.75) is 31.5 Å². The van der Waals surface area contributed by atoms with Crippen LogP contribution < -0.4 is 5.32 Å². The van der Waals surface area contributed by atoms with Gasteiger partial charge in [0.25, 0.3) is 0 Å². The number of aryl methyl sites for hydroxylation is 1. The Morgan fingerprint density at radius 1 is 1.12 bits per heavy atom. The van der Waals surface area contributed by atoms with Gasteiger partial charge in [-0.3, -0.25) is 14.3 Å². The zero-order valence-corrected chi connectivity index (χ0v) is 18.6. The predicted molar refractivity (Wildman–Crippen MR) is 125 cm³/mol. The molecule has 1 aromatic carbocycles. The Labute approximate surface area is 188 Å². The largest absolute Gasteiger partial charge is 0.373 e. The molecule has 0 spiro atoms. The number of ether oxygens (including phenoxy) is 1. The fourth-order valence-corrected chi connectivity index (χ4v) is 4.79. The first-order valence-corrected chi connectivity index (χ1v) is 11.5. The molecule has 2 atom stereocenters. The van der Waals surface area contributed by atoms with E-state index >= 15 is 0 Å². The number of benzene rings is 1. The molecule has 1 N–H and O–H groups in total.